The molecule has 104 valence electrons. The summed E-state index contributed by atoms with van der Waals surface area (Å²) in [6, 6.07) is 10.5. The van der Waals surface area contributed by atoms with Gasteiger partial charge in [-0.2, -0.15) is 0 Å². The van der Waals surface area contributed by atoms with Gasteiger partial charge in [0.1, 0.15) is 0 Å². The number of carbonyl (C=O) groups is 1. The summed E-state index contributed by atoms with van der Waals surface area (Å²) in [5.74, 6) is -0.200. The second kappa shape index (κ2) is 6.16. The van der Waals surface area contributed by atoms with Crippen LogP contribution in [0.1, 0.15) is 15.9 Å². The van der Waals surface area contributed by atoms with Crippen LogP contribution in [-0.4, -0.2) is 13.0 Å². The molecule has 0 aliphatic heterocycles. The molecule has 0 saturated heterocycles. The fourth-order valence-corrected chi connectivity index (χ4v) is 2.31. The van der Waals surface area contributed by atoms with Crippen molar-refractivity contribution in [3.63, 3.8) is 0 Å². The summed E-state index contributed by atoms with van der Waals surface area (Å²) >= 11 is 11.9. The Morgan fingerprint density at radius 1 is 1.10 bits per heavy atom. The van der Waals surface area contributed by atoms with Crippen molar-refractivity contribution in [2.24, 2.45) is 0 Å². The molecular weight excluding hydrogens is 295 g/mol. The lowest BCUT2D eigenvalue weighted by Gasteiger charge is -2.10. The van der Waals surface area contributed by atoms with Gasteiger partial charge in [0.15, 0.2) is 0 Å². The second-order valence-electron chi connectivity index (χ2n) is 4.36. The quantitative estimate of drug-likeness (QED) is 0.870. The highest BCUT2D eigenvalue weighted by atomic mass is 35.5. The SMILES string of the molecule is CNc1ccc(C(=O)Nc2ccc(Cl)cc2Cl)c(C)c1. The van der Waals surface area contributed by atoms with Crippen LogP contribution < -0.4 is 10.6 Å². The van der Waals surface area contributed by atoms with Crippen molar-refractivity contribution >= 4 is 40.5 Å². The minimum Gasteiger partial charge on any atom is -0.388 e. The van der Waals surface area contributed by atoms with Crippen LogP contribution in [0.4, 0.5) is 11.4 Å². The Kier molecular flexibility index (Phi) is 4.53. The highest BCUT2D eigenvalue weighted by Gasteiger charge is 2.11. The van der Waals surface area contributed by atoms with E-state index in [1.807, 2.05) is 26.1 Å². The molecule has 2 aromatic rings. The summed E-state index contributed by atoms with van der Waals surface area (Å²) in [7, 11) is 1.84. The summed E-state index contributed by atoms with van der Waals surface area (Å²) in [5, 5.41) is 6.76. The molecule has 5 heteroatoms. The molecule has 0 atom stereocenters. The lowest BCUT2D eigenvalue weighted by atomic mass is 10.1. The van der Waals surface area contributed by atoms with Crippen LogP contribution in [0.15, 0.2) is 36.4 Å². The average molecular weight is 309 g/mol. The highest BCUT2D eigenvalue weighted by molar-refractivity contribution is 6.36. The third-order valence-electron chi connectivity index (χ3n) is 2.94. The monoisotopic (exact) mass is 308 g/mol. The number of nitrogens with one attached hydrogen (secondary N) is 2. The lowest BCUT2D eigenvalue weighted by molar-refractivity contribution is 0.102. The van der Waals surface area contributed by atoms with E-state index in [2.05, 4.69) is 10.6 Å². The Balaban J connectivity index is 2.24. The zero-order chi connectivity index (χ0) is 14.7. The van der Waals surface area contributed by atoms with Crippen LogP contribution in [0.3, 0.4) is 0 Å². The number of amides is 1. The topological polar surface area (TPSA) is 41.1 Å². The lowest BCUT2D eigenvalue weighted by Crippen LogP contribution is -2.13. The van der Waals surface area contributed by atoms with Gasteiger partial charge in [0.2, 0.25) is 0 Å². The molecule has 0 saturated carbocycles. The summed E-state index contributed by atoms with van der Waals surface area (Å²) in [4.78, 5) is 12.2. The molecule has 2 rings (SSSR count). The predicted octanol–water partition coefficient (Wildman–Crippen LogP) is 4.60. The first-order valence-electron chi connectivity index (χ1n) is 6.06. The molecule has 0 unspecified atom stereocenters. The van der Waals surface area contributed by atoms with Crippen molar-refractivity contribution in [1.29, 1.82) is 0 Å². The van der Waals surface area contributed by atoms with Crippen LogP contribution >= 0.6 is 23.2 Å². The van der Waals surface area contributed by atoms with Gasteiger partial charge < -0.3 is 10.6 Å². The standard InChI is InChI=1S/C15H14Cl2N2O/c1-9-7-11(18-2)4-5-12(9)15(20)19-14-6-3-10(16)8-13(14)17/h3-8,18H,1-2H3,(H,19,20). The van der Waals surface area contributed by atoms with Crippen LogP contribution in [0.25, 0.3) is 0 Å². The summed E-state index contributed by atoms with van der Waals surface area (Å²) < 4.78 is 0. The number of rotatable bonds is 3. The number of anilines is 2. The van der Waals surface area contributed by atoms with Crippen molar-refractivity contribution < 1.29 is 4.79 Å². The van der Waals surface area contributed by atoms with Gasteiger partial charge >= 0.3 is 0 Å². The maximum absolute atomic E-state index is 12.2. The molecule has 0 radical (unpaired) electrons. The number of benzene rings is 2. The Labute approximate surface area is 127 Å². The van der Waals surface area contributed by atoms with Gasteiger partial charge in [-0.05, 0) is 48.9 Å². The first-order chi connectivity index (χ1) is 9.51. The third kappa shape index (κ3) is 3.24. The first kappa shape index (κ1) is 14.7. The Morgan fingerprint density at radius 3 is 2.45 bits per heavy atom. The molecule has 1 amide bonds. The Hall–Kier alpha value is -1.71. The van der Waals surface area contributed by atoms with Crippen LogP contribution in [-0.2, 0) is 0 Å². The van der Waals surface area contributed by atoms with E-state index >= 15 is 0 Å². The van der Waals surface area contributed by atoms with Gasteiger partial charge in [-0.3, -0.25) is 4.79 Å². The van der Waals surface area contributed by atoms with Crippen LogP contribution in [0.2, 0.25) is 10.0 Å². The van der Waals surface area contributed by atoms with Gasteiger partial charge in [-0.15, -0.1) is 0 Å². The van der Waals surface area contributed by atoms with E-state index in [0.717, 1.165) is 11.3 Å². The first-order valence-corrected chi connectivity index (χ1v) is 6.81. The second-order valence-corrected chi connectivity index (χ2v) is 5.20. The van der Waals surface area contributed by atoms with E-state index in [9.17, 15) is 4.79 Å². The molecule has 0 aliphatic carbocycles. The van der Waals surface area contributed by atoms with Crippen molar-refractivity contribution in [3.8, 4) is 0 Å². The van der Waals surface area contributed by atoms with Crippen molar-refractivity contribution in [3.05, 3.63) is 57.6 Å². The zero-order valence-electron chi connectivity index (χ0n) is 11.1. The molecule has 2 aromatic carbocycles. The molecule has 3 nitrogen and oxygen atoms in total. The van der Waals surface area contributed by atoms with E-state index in [-0.39, 0.29) is 5.91 Å². The van der Waals surface area contributed by atoms with Gasteiger partial charge in [0.25, 0.3) is 5.91 Å². The Morgan fingerprint density at radius 2 is 1.85 bits per heavy atom. The van der Waals surface area contributed by atoms with Gasteiger partial charge in [0, 0.05) is 23.3 Å². The van der Waals surface area contributed by atoms with Gasteiger partial charge in [-0.1, -0.05) is 23.2 Å². The molecule has 0 aliphatic rings. The number of hydrogen-bond acceptors (Lipinski definition) is 2. The maximum atomic E-state index is 12.2. The fraction of sp³-hybridized carbons (Fsp3) is 0.133. The third-order valence-corrected chi connectivity index (χ3v) is 3.49. The van der Waals surface area contributed by atoms with E-state index in [0.29, 0.717) is 21.3 Å². The zero-order valence-corrected chi connectivity index (χ0v) is 12.6. The van der Waals surface area contributed by atoms with Gasteiger partial charge in [-0.25, -0.2) is 0 Å². The van der Waals surface area contributed by atoms with Crippen LogP contribution in [0.5, 0.6) is 0 Å². The summed E-state index contributed by atoms with van der Waals surface area (Å²) in [6.07, 6.45) is 0. The smallest absolute Gasteiger partial charge is 0.255 e. The fourth-order valence-electron chi connectivity index (χ4n) is 1.85. The van der Waals surface area contributed by atoms with E-state index in [1.54, 1.807) is 24.3 Å². The average Bonchev–Trinajstić information content (AvgIpc) is 2.41. The largest absolute Gasteiger partial charge is 0.388 e. The van der Waals surface area contributed by atoms with Crippen molar-refractivity contribution in [2.75, 3.05) is 17.7 Å². The molecular formula is C15H14Cl2N2O. The van der Waals surface area contributed by atoms with Gasteiger partial charge in [0.05, 0.1) is 10.7 Å². The number of halogens is 2. The van der Waals surface area contributed by atoms with Crippen molar-refractivity contribution in [1.82, 2.24) is 0 Å². The molecule has 2 N–H and O–H groups in total. The van der Waals surface area contributed by atoms with Crippen LogP contribution in [0, 0.1) is 6.92 Å². The molecule has 0 bridgehead atoms. The molecule has 0 fully saturated rings. The minimum absolute atomic E-state index is 0.200. The van der Waals surface area contributed by atoms with E-state index in [4.69, 9.17) is 23.2 Å². The molecule has 20 heavy (non-hydrogen) atoms. The minimum atomic E-state index is -0.200. The van der Waals surface area contributed by atoms with E-state index < -0.39 is 0 Å². The molecule has 0 aromatic heterocycles. The summed E-state index contributed by atoms with van der Waals surface area (Å²) in [6.45, 7) is 1.89. The predicted molar refractivity (Wildman–Crippen MR) is 85.1 cm³/mol. The Bertz CT molecular complexity index is 656. The highest BCUT2D eigenvalue weighted by Crippen LogP contribution is 2.26. The summed E-state index contributed by atoms with van der Waals surface area (Å²) in [5.41, 5.74) is 3.00. The van der Waals surface area contributed by atoms with Crippen molar-refractivity contribution in [2.45, 2.75) is 6.92 Å². The maximum Gasteiger partial charge on any atom is 0.255 e. The number of aryl methyl sites for hydroxylation is 1. The van der Waals surface area contributed by atoms with E-state index in [1.165, 1.54) is 0 Å². The molecule has 0 spiro atoms. The molecule has 0 heterocycles. The number of carbonyl (C=O) groups excluding carboxylic acids is 1. The number of hydrogen-bond donors (Lipinski definition) is 2. The normalized spacial score (nSPS) is 10.2.